The molecule has 1 fully saturated rings. The van der Waals surface area contributed by atoms with Crippen molar-refractivity contribution in [2.24, 2.45) is 16.9 Å². The Balaban J connectivity index is 2.14. The van der Waals surface area contributed by atoms with E-state index in [0.717, 1.165) is 12.1 Å². The van der Waals surface area contributed by atoms with Gasteiger partial charge in [0.15, 0.2) is 0 Å². The minimum atomic E-state index is -3.12. The van der Waals surface area contributed by atoms with E-state index >= 15 is 0 Å². The van der Waals surface area contributed by atoms with E-state index in [2.05, 4.69) is 17.5 Å². The molecule has 2 atom stereocenters. The zero-order valence-corrected chi connectivity index (χ0v) is 12.4. The highest BCUT2D eigenvalue weighted by atomic mass is 32.2. The Kier molecular flexibility index (Phi) is 3.44. The Morgan fingerprint density at radius 2 is 2.22 bits per heavy atom. The summed E-state index contributed by atoms with van der Waals surface area (Å²) in [6.07, 6.45) is 0.815. The average Bonchev–Trinajstić information content (AvgIpc) is 2.53. The van der Waals surface area contributed by atoms with Crippen LogP contribution in [0.3, 0.4) is 0 Å². The first kappa shape index (κ1) is 13.8. The smallest absolute Gasteiger partial charge is 0.214 e. The van der Waals surface area contributed by atoms with Crippen molar-refractivity contribution in [2.75, 3.05) is 18.8 Å². The first-order valence-corrected chi connectivity index (χ1v) is 8.15. The number of hydrogen-bond acceptors (Lipinski definition) is 4. The Labute approximate surface area is 110 Å². The van der Waals surface area contributed by atoms with E-state index in [1.54, 1.807) is 4.31 Å². The van der Waals surface area contributed by atoms with Gasteiger partial charge >= 0.3 is 0 Å². The molecule has 2 aliphatic rings. The molecule has 0 aromatic carbocycles. The topological polar surface area (TPSA) is 61.8 Å². The minimum absolute atomic E-state index is 0.0616. The lowest BCUT2D eigenvalue weighted by atomic mass is 9.79. The third kappa shape index (κ3) is 2.40. The van der Waals surface area contributed by atoms with Gasteiger partial charge in [0.1, 0.15) is 0 Å². The molecule has 104 valence electrons. The first-order chi connectivity index (χ1) is 8.24. The number of nitrogens with zero attached hydrogens (tertiary/aromatic N) is 2. The van der Waals surface area contributed by atoms with Gasteiger partial charge in [0.2, 0.25) is 10.0 Å². The van der Waals surface area contributed by atoms with Gasteiger partial charge in [-0.15, -0.1) is 0 Å². The van der Waals surface area contributed by atoms with E-state index in [-0.39, 0.29) is 23.1 Å². The highest BCUT2D eigenvalue weighted by Crippen LogP contribution is 2.33. The molecular weight excluding hydrogens is 250 g/mol. The number of sulfonamides is 1. The second-order valence-corrected chi connectivity index (χ2v) is 8.13. The fraction of sp³-hybridized carbons (Fsp3) is 0.917. The van der Waals surface area contributed by atoms with Crippen molar-refractivity contribution in [3.05, 3.63) is 0 Å². The molecule has 0 aromatic heterocycles. The van der Waals surface area contributed by atoms with Crippen LogP contribution in [0.2, 0.25) is 0 Å². The number of nitrogens with one attached hydrogen (secondary N) is 1. The molecule has 2 heterocycles. The van der Waals surface area contributed by atoms with E-state index in [1.165, 1.54) is 0 Å². The predicted octanol–water partition coefficient (Wildman–Crippen LogP) is 1.03. The molecule has 1 N–H and O–H groups in total. The Bertz CT molecular complexity index is 458. The van der Waals surface area contributed by atoms with E-state index in [4.69, 9.17) is 0 Å². The summed E-state index contributed by atoms with van der Waals surface area (Å²) in [7, 11) is -3.12. The molecular formula is C12H23N3O2S. The Morgan fingerprint density at radius 3 is 2.83 bits per heavy atom. The van der Waals surface area contributed by atoms with Gasteiger partial charge in [-0.05, 0) is 26.2 Å². The second-order valence-electron chi connectivity index (χ2n) is 6.12. The summed E-state index contributed by atoms with van der Waals surface area (Å²) in [5, 5.41) is 4.28. The van der Waals surface area contributed by atoms with E-state index in [0.29, 0.717) is 13.1 Å². The van der Waals surface area contributed by atoms with Crippen LogP contribution in [-0.2, 0) is 10.0 Å². The van der Waals surface area contributed by atoms with Crippen molar-refractivity contribution in [3.63, 3.8) is 0 Å². The molecule has 0 aromatic rings. The largest absolute Gasteiger partial charge is 0.304 e. The van der Waals surface area contributed by atoms with Crippen LogP contribution >= 0.6 is 0 Å². The summed E-state index contributed by atoms with van der Waals surface area (Å²) in [6, 6.07) is 0. The number of rotatable bonds is 3. The molecule has 2 unspecified atom stereocenters. The van der Waals surface area contributed by atoms with Crippen molar-refractivity contribution in [3.8, 4) is 0 Å². The molecule has 2 rings (SSSR count). The summed E-state index contributed by atoms with van der Waals surface area (Å²) in [5.41, 5.74) is 4.12. The normalized spacial score (nSPS) is 33.2. The van der Waals surface area contributed by atoms with Crippen LogP contribution in [0.5, 0.6) is 0 Å². The third-order valence-electron chi connectivity index (χ3n) is 3.97. The van der Waals surface area contributed by atoms with Crippen molar-refractivity contribution < 1.29 is 8.42 Å². The molecule has 0 aliphatic carbocycles. The molecule has 6 heteroatoms. The van der Waals surface area contributed by atoms with Crippen molar-refractivity contribution in [1.29, 1.82) is 0 Å². The van der Waals surface area contributed by atoms with Crippen molar-refractivity contribution >= 4 is 15.7 Å². The second kappa shape index (κ2) is 4.49. The first-order valence-electron chi connectivity index (χ1n) is 6.54. The summed E-state index contributed by atoms with van der Waals surface area (Å²) in [5.74, 6) is 0.605. The quantitative estimate of drug-likeness (QED) is 0.835. The number of hydrogen-bond donors (Lipinski definition) is 1. The van der Waals surface area contributed by atoms with Crippen LogP contribution in [0.4, 0.5) is 0 Å². The van der Waals surface area contributed by atoms with Gasteiger partial charge in [-0.1, -0.05) is 13.8 Å². The van der Waals surface area contributed by atoms with E-state index in [1.807, 2.05) is 20.8 Å². The van der Waals surface area contributed by atoms with Gasteiger partial charge in [0, 0.05) is 24.7 Å². The molecule has 5 nitrogen and oxygen atoms in total. The van der Waals surface area contributed by atoms with Gasteiger partial charge in [-0.25, -0.2) is 12.7 Å². The van der Waals surface area contributed by atoms with Gasteiger partial charge in [0.25, 0.3) is 0 Å². The van der Waals surface area contributed by atoms with Crippen molar-refractivity contribution in [1.82, 2.24) is 9.73 Å². The Morgan fingerprint density at radius 1 is 1.56 bits per heavy atom. The van der Waals surface area contributed by atoms with Crippen LogP contribution in [0.15, 0.2) is 5.10 Å². The third-order valence-corrected chi connectivity index (χ3v) is 6.17. The van der Waals surface area contributed by atoms with Gasteiger partial charge in [0.05, 0.1) is 11.3 Å². The summed E-state index contributed by atoms with van der Waals surface area (Å²) < 4.78 is 26.2. The molecule has 0 amide bonds. The zero-order valence-electron chi connectivity index (χ0n) is 11.6. The SMILES string of the molecule is CC1=NNC2(C)CCN(S(=O)(=O)CC(C)C)CC12. The lowest BCUT2D eigenvalue weighted by Crippen LogP contribution is -2.56. The van der Waals surface area contributed by atoms with Gasteiger partial charge < -0.3 is 5.43 Å². The maximum atomic E-state index is 12.3. The van der Waals surface area contributed by atoms with Gasteiger partial charge in [-0.2, -0.15) is 5.10 Å². The van der Waals surface area contributed by atoms with Crippen LogP contribution in [0, 0.1) is 11.8 Å². The van der Waals surface area contributed by atoms with E-state index < -0.39 is 10.0 Å². The summed E-state index contributed by atoms with van der Waals surface area (Å²) in [4.78, 5) is 0. The molecule has 2 aliphatic heterocycles. The van der Waals surface area contributed by atoms with Crippen LogP contribution in [-0.4, -0.2) is 42.8 Å². The number of piperidine rings is 1. The van der Waals surface area contributed by atoms with Crippen LogP contribution < -0.4 is 5.43 Å². The number of hydrazone groups is 1. The standard InChI is InChI=1S/C12H23N3O2S/c1-9(2)8-18(16,17)15-6-5-12(4)11(7-15)10(3)13-14-12/h9,11,14H,5-8H2,1-4H3. The molecule has 0 radical (unpaired) electrons. The molecule has 0 saturated carbocycles. The van der Waals surface area contributed by atoms with Crippen molar-refractivity contribution in [2.45, 2.75) is 39.7 Å². The maximum Gasteiger partial charge on any atom is 0.214 e. The molecule has 0 bridgehead atoms. The minimum Gasteiger partial charge on any atom is -0.304 e. The highest BCUT2D eigenvalue weighted by Gasteiger charge is 2.46. The lowest BCUT2D eigenvalue weighted by Gasteiger charge is -2.41. The fourth-order valence-corrected chi connectivity index (χ4v) is 4.63. The Hall–Kier alpha value is -0.620. The lowest BCUT2D eigenvalue weighted by molar-refractivity contribution is 0.188. The monoisotopic (exact) mass is 273 g/mol. The average molecular weight is 273 g/mol. The van der Waals surface area contributed by atoms with E-state index in [9.17, 15) is 8.42 Å². The zero-order chi connectivity index (χ0) is 13.6. The molecule has 0 spiro atoms. The highest BCUT2D eigenvalue weighted by molar-refractivity contribution is 7.89. The molecule has 1 saturated heterocycles. The maximum absolute atomic E-state index is 12.3. The van der Waals surface area contributed by atoms with Crippen LogP contribution in [0.25, 0.3) is 0 Å². The predicted molar refractivity (Wildman–Crippen MR) is 73.0 cm³/mol. The van der Waals surface area contributed by atoms with Gasteiger partial charge in [-0.3, -0.25) is 0 Å². The molecule has 18 heavy (non-hydrogen) atoms. The fourth-order valence-electron chi connectivity index (χ4n) is 2.83. The number of fused-ring (bicyclic) bond motifs is 1. The van der Waals surface area contributed by atoms with Crippen LogP contribution in [0.1, 0.15) is 34.1 Å². The summed E-state index contributed by atoms with van der Waals surface area (Å²) >= 11 is 0. The summed E-state index contributed by atoms with van der Waals surface area (Å²) in [6.45, 7) is 9.14.